The standard InChI is InChI=1S/C15H22N2O3S/c1-3-10-16-14-5-4-11-17(15(14)18)12-6-8-13(9-7-12)21(2,19)20/h6-9,14,16H,3-5,10-11H2,1-2H3. The Hall–Kier alpha value is -1.40. The van der Waals surface area contributed by atoms with E-state index >= 15 is 0 Å². The molecule has 1 fully saturated rings. The number of carbonyl (C=O) groups excluding carboxylic acids is 1. The van der Waals surface area contributed by atoms with E-state index in [0.717, 1.165) is 31.5 Å². The first-order chi connectivity index (χ1) is 9.93. The predicted octanol–water partition coefficient (Wildman–Crippen LogP) is 1.59. The third kappa shape index (κ3) is 3.83. The zero-order chi connectivity index (χ0) is 15.5. The molecule has 0 aliphatic carbocycles. The van der Waals surface area contributed by atoms with E-state index in [2.05, 4.69) is 12.2 Å². The molecule has 6 heteroatoms. The van der Waals surface area contributed by atoms with Gasteiger partial charge in [-0.1, -0.05) is 6.92 Å². The number of benzene rings is 1. The average Bonchev–Trinajstić information content (AvgIpc) is 2.45. The van der Waals surface area contributed by atoms with E-state index in [4.69, 9.17) is 0 Å². The van der Waals surface area contributed by atoms with Crippen molar-refractivity contribution in [2.24, 2.45) is 0 Å². The molecular weight excluding hydrogens is 288 g/mol. The summed E-state index contributed by atoms with van der Waals surface area (Å²) in [4.78, 5) is 14.5. The maximum Gasteiger partial charge on any atom is 0.244 e. The van der Waals surface area contributed by atoms with Crippen LogP contribution in [0.5, 0.6) is 0 Å². The monoisotopic (exact) mass is 310 g/mol. The van der Waals surface area contributed by atoms with E-state index in [9.17, 15) is 13.2 Å². The zero-order valence-electron chi connectivity index (χ0n) is 12.5. The van der Waals surface area contributed by atoms with Gasteiger partial charge in [0.25, 0.3) is 0 Å². The Morgan fingerprint density at radius 1 is 1.29 bits per heavy atom. The van der Waals surface area contributed by atoms with Gasteiger partial charge in [-0.2, -0.15) is 0 Å². The smallest absolute Gasteiger partial charge is 0.244 e. The van der Waals surface area contributed by atoms with Crippen molar-refractivity contribution in [3.8, 4) is 0 Å². The summed E-state index contributed by atoms with van der Waals surface area (Å²) in [6.45, 7) is 3.58. The van der Waals surface area contributed by atoms with Gasteiger partial charge in [0.15, 0.2) is 9.84 Å². The van der Waals surface area contributed by atoms with Crippen LogP contribution in [0, 0.1) is 0 Å². The quantitative estimate of drug-likeness (QED) is 0.897. The molecule has 116 valence electrons. The van der Waals surface area contributed by atoms with Crippen LogP contribution in [0.2, 0.25) is 0 Å². The first-order valence-corrected chi connectivity index (χ1v) is 9.17. The van der Waals surface area contributed by atoms with Crippen LogP contribution >= 0.6 is 0 Å². The summed E-state index contributed by atoms with van der Waals surface area (Å²) in [6.07, 6.45) is 3.98. The molecule has 0 radical (unpaired) electrons. The molecule has 1 amide bonds. The predicted molar refractivity (Wildman–Crippen MR) is 83.2 cm³/mol. The lowest BCUT2D eigenvalue weighted by molar-refractivity contribution is -0.121. The molecule has 0 spiro atoms. The van der Waals surface area contributed by atoms with E-state index in [1.54, 1.807) is 29.2 Å². The van der Waals surface area contributed by atoms with Crippen molar-refractivity contribution in [1.82, 2.24) is 5.32 Å². The molecule has 1 N–H and O–H groups in total. The van der Waals surface area contributed by atoms with Crippen LogP contribution in [-0.2, 0) is 14.6 Å². The van der Waals surface area contributed by atoms with Gasteiger partial charge >= 0.3 is 0 Å². The summed E-state index contributed by atoms with van der Waals surface area (Å²) < 4.78 is 22.9. The lowest BCUT2D eigenvalue weighted by Gasteiger charge is -2.32. The molecule has 1 heterocycles. The van der Waals surface area contributed by atoms with Gasteiger partial charge in [-0.25, -0.2) is 8.42 Å². The van der Waals surface area contributed by atoms with Crippen LogP contribution in [0.25, 0.3) is 0 Å². The van der Waals surface area contributed by atoms with E-state index in [1.807, 2.05) is 0 Å². The molecule has 0 bridgehead atoms. The Bertz CT molecular complexity index is 596. The number of nitrogens with one attached hydrogen (secondary N) is 1. The Morgan fingerprint density at radius 3 is 2.52 bits per heavy atom. The Labute approximate surface area is 126 Å². The molecule has 5 nitrogen and oxygen atoms in total. The van der Waals surface area contributed by atoms with E-state index in [0.29, 0.717) is 6.54 Å². The lowest BCUT2D eigenvalue weighted by Crippen LogP contribution is -2.51. The van der Waals surface area contributed by atoms with Crippen LogP contribution in [0.4, 0.5) is 5.69 Å². The highest BCUT2D eigenvalue weighted by Gasteiger charge is 2.29. The number of hydrogen-bond acceptors (Lipinski definition) is 4. The molecule has 0 aromatic heterocycles. The maximum absolute atomic E-state index is 12.5. The van der Waals surface area contributed by atoms with Crippen molar-refractivity contribution in [2.45, 2.75) is 37.1 Å². The number of nitrogens with zero attached hydrogens (tertiary/aromatic N) is 1. The van der Waals surface area contributed by atoms with Gasteiger partial charge in [-0.15, -0.1) is 0 Å². The van der Waals surface area contributed by atoms with Gasteiger partial charge in [0.2, 0.25) is 5.91 Å². The van der Waals surface area contributed by atoms with Gasteiger partial charge in [0.1, 0.15) is 0 Å². The first kappa shape index (κ1) is 16.0. The molecule has 2 rings (SSSR count). The number of carbonyl (C=O) groups is 1. The van der Waals surface area contributed by atoms with Crippen molar-refractivity contribution in [2.75, 3.05) is 24.2 Å². The molecule has 1 aromatic rings. The topological polar surface area (TPSA) is 66.5 Å². The minimum atomic E-state index is -3.20. The van der Waals surface area contributed by atoms with Gasteiger partial charge < -0.3 is 10.2 Å². The first-order valence-electron chi connectivity index (χ1n) is 7.28. The number of amides is 1. The molecule has 1 unspecified atom stereocenters. The fraction of sp³-hybridized carbons (Fsp3) is 0.533. The number of sulfone groups is 1. The summed E-state index contributed by atoms with van der Waals surface area (Å²) in [5.41, 5.74) is 0.760. The van der Waals surface area contributed by atoms with Gasteiger partial charge in [-0.05, 0) is 50.1 Å². The van der Waals surface area contributed by atoms with Crippen molar-refractivity contribution >= 4 is 21.4 Å². The number of hydrogen-bond donors (Lipinski definition) is 1. The largest absolute Gasteiger partial charge is 0.311 e. The minimum Gasteiger partial charge on any atom is -0.311 e. The fourth-order valence-electron chi connectivity index (χ4n) is 2.51. The number of piperidine rings is 1. The molecule has 1 aromatic carbocycles. The summed E-state index contributed by atoms with van der Waals surface area (Å²) in [5, 5.41) is 3.27. The SMILES string of the molecule is CCCNC1CCCN(c2ccc(S(C)(=O)=O)cc2)C1=O. The molecule has 1 aliphatic rings. The second-order valence-electron chi connectivity index (χ2n) is 5.40. The van der Waals surface area contributed by atoms with Crippen molar-refractivity contribution < 1.29 is 13.2 Å². The van der Waals surface area contributed by atoms with Crippen LogP contribution in [-0.4, -0.2) is 39.7 Å². The van der Waals surface area contributed by atoms with E-state index in [1.165, 1.54) is 6.26 Å². The highest BCUT2D eigenvalue weighted by molar-refractivity contribution is 7.90. The molecule has 1 atom stereocenters. The second kappa shape index (κ2) is 6.58. The number of rotatable bonds is 5. The van der Waals surface area contributed by atoms with Crippen LogP contribution < -0.4 is 10.2 Å². The molecule has 1 aliphatic heterocycles. The van der Waals surface area contributed by atoms with Crippen LogP contribution in [0.3, 0.4) is 0 Å². The Morgan fingerprint density at radius 2 is 1.95 bits per heavy atom. The zero-order valence-corrected chi connectivity index (χ0v) is 13.3. The van der Waals surface area contributed by atoms with Crippen molar-refractivity contribution in [1.29, 1.82) is 0 Å². The second-order valence-corrected chi connectivity index (χ2v) is 7.42. The summed E-state index contributed by atoms with van der Waals surface area (Å²) in [5.74, 6) is 0.0711. The normalized spacial score (nSPS) is 19.8. The molecule has 1 saturated heterocycles. The van der Waals surface area contributed by atoms with Gasteiger partial charge in [0.05, 0.1) is 10.9 Å². The Kier molecular flexibility index (Phi) is 5.00. The highest BCUT2D eigenvalue weighted by atomic mass is 32.2. The highest BCUT2D eigenvalue weighted by Crippen LogP contribution is 2.23. The summed E-state index contributed by atoms with van der Waals surface area (Å²) >= 11 is 0. The Balaban J connectivity index is 2.15. The van der Waals surface area contributed by atoms with Gasteiger partial charge in [0, 0.05) is 18.5 Å². The van der Waals surface area contributed by atoms with Crippen molar-refractivity contribution in [3.05, 3.63) is 24.3 Å². The molecule has 0 saturated carbocycles. The van der Waals surface area contributed by atoms with E-state index < -0.39 is 9.84 Å². The minimum absolute atomic E-state index is 0.0711. The molecule has 21 heavy (non-hydrogen) atoms. The summed E-state index contributed by atoms with van der Waals surface area (Å²) in [7, 11) is -3.20. The van der Waals surface area contributed by atoms with Crippen LogP contribution in [0.15, 0.2) is 29.2 Å². The van der Waals surface area contributed by atoms with Gasteiger partial charge in [-0.3, -0.25) is 4.79 Å². The third-order valence-electron chi connectivity index (χ3n) is 3.66. The third-order valence-corrected chi connectivity index (χ3v) is 4.78. The van der Waals surface area contributed by atoms with Crippen LogP contribution in [0.1, 0.15) is 26.2 Å². The van der Waals surface area contributed by atoms with Crippen molar-refractivity contribution in [3.63, 3.8) is 0 Å². The summed E-state index contributed by atoms with van der Waals surface area (Å²) in [6, 6.07) is 6.39. The van der Waals surface area contributed by atoms with E-state index in [-0.39, 0.29) is 16.8 Å². The average molecular weight is 310 g/mol. The lowest BCUT2D eigenvalue weighted by atomic mass is 10.0. The number of anilines is 1. The fourth-order valence-corrected chi connectivity index (χ4v) is 3.14. The maximum atomic E-state index is 12.5. The molecular formula is C15H22N2O3S.